The lowest BCUT2D eigenvalue weighted by Gasteiger charge is -2.27. The number of aliphatic hydroxyl groups excluding tert-OH is 1. The largest absolute Gasteiger partial charge is 0.511 e. The highest BCUT2D eigenvalue weighted by Gasteiger charge is 2.31. The summed E-state index contributed by atoms with van der Waals surface area (Å²) < 4.78 is 0. The average molecular weight is 297 g/mol. The fourth-order valence-electron chi connectivity index (χ4n) is 2.85. The number of rotatable bonds is 6. The molecule has 1 N–H and O–H groups in total. The van der Waals surface area contributed by atoms with E-state index in [9.17, 15) is 9.90 Å². The molecule has 0 unspecified atom stereocenters. The SMILES string of the molecule is CCCC(O)=C1C(=O)C[C@@H](C[C@@H](C)SCC)CC1=NC. The predicted molar refractivity (Wildman–Crippen MR) is 87.9 cm³/mol. The summed E-state index contributed by atoms with van der Waals surface area (Å²) in [5.74, 6) is 1.78. The van der Waals surface area contributed by atoms with Gasteiger partial charge in [-0.25, -0.2) is 0 Å². The number of nitrogens with zero attached hydrogens (tertiary/aromatic N) is 1. The van der Waals surface area contributed by atoms with Crippen LogP contribution in [0.4, 0.5) is 0 Å². The Morgan fingerprint density at radius 3 is 2.70 bits per heavy atom. The smallest absolute Gasteiger partial charge is 0.168 e. The number of carbonyl (C=O) groups is 1. The van der Waals surface area contributed by atoms with Crippen LogP contribution in [0.3, 0.4) is 0 Å². The number of hydrogen-bond acceptors (Lipinski definition) is 4. The average Bonchev–Trinajstić information content (AvgIpc) is 2.38. The predicted octanol–water partition coefficient (Wildman–Crippen LogP) is 4.18. The lowest BCUT2D eigenvalue weighted by Crippen LogP contribution is -2.29. The number of aliphatic imine (C=N–C) groups is 1. The molecule has 0 aromatic carbocycles. The van der Waals surface area contributed by atoms with Crippen LogP contribution in [-0.2, 0) is 4.79 Å². The number of hydrogen-bond donors (Lipinski definition) is 1. The van der Waals surface area contributed by atoms with Gasteiger partial charge in [-0.05, 0) is 30.9 Å². The van der Waals surface area contributed by atoms with E-state index in [4.69, 9.17) is 0 Å². The topological polar surface area (TPSA) is 49.7 Å². The zero-order valence-corrected chi connectivity index (χ0v) is 13.9. The van der Waals surface area contributed by atoms with Crippen molar-refractivity contribution in [3.05, 3.63) is 11.3 Å². The molecular weight excluding hydrogens is 270 g/mol. The minimum atomic E-state index is 0.0708. The van der Waals surface area contributed by atoms with E-state index in [0.717, 1.165) is 30.7 Å². The van der Waals surface area contributed by atoms with Crippen LogP contribution in [0.15, 0.2) is 16.3 Å². The fourth-order valence-corrected chi connectivity index (χ4v) is 3.83. The first-order chi connectivity index (χ1) is 9.53. The monoisotopic (exact) mass is 297 g/mol. The number of carbonyl (C=O) groups excluding carboxylic acids is 1. The van der Waals surface area contributed by atoms with Gasteiger partial charge < -0.3 is 5.11 Å². The third-order valence-electron chi connectivity index (χ3n) is 3.69. The van der Waals surface area contributed by atoms with E-state index in [1.54, 1.807) is 7.05 Å². The van der Waals surface area contributed by atoms with Crippen molar-refractivity contribution in [2.75, 3.05) is 12.8 Å². The Morgan fingerprint density at radius 2 is 2.15 bits per heavy atom. The molecule has 0 spiro atoms. The van der Waals surface area contributed by atoms with Gasteiger partial charge in [0.25, 0.3) is 0 Å². The minimum Gasteiger partial charge on any atom is -0.511 e. The van der Waals surface area contributed by atoms with Crippen LogP contribution in [0.1, 0.15) is 52.9 Å². The second kappa shape index (κ2) is 8.50. The van der Waals surface area contributed by atoms with Crippen LogP contribution in [0.2, 0.25) is 0 Å². The Bertz CT molecular complexity index is 401. The summed E-state index contributed by atoms with van der Waals surface area (Å²) in [6.45, 7) is 6.39. The Morgan fingerprint density at radius 1 is 1.45 bits per heavy atom. The summed E-state index contributed by atoms with van der Waals surface area (Å²) in [5.41, 5.74) is 1.30. The van der Waals surface area contributed by atoms with Crippen molar-refractivity contribution in [2.24, 2.45) is 10.9 Å². The van der Waals surface area contributed by atoms with Crippen molar-refractivity contribution < 1.29 is 9.90 Å². The van der Waals surface area contributed by atoms with E-state index in [-0.39, 0.29) is 11.5 Å². The second-order valence-corrected chi connectivity index (χ2v) is 7.16. The molecule has 1 saturated carbocycles. The van der Waals surface area contributed by atoms with E-state index in [0.29, 0.717) is 29.6 Å². The summed E-state index contributed by atoms with van der Waals surface area (Å²) in [4.78, 5) is 16.6. The van der Waals surface area contributed by atoms with Crippen molar-refractivity contribution in [3.63, 3.8) is 0 Å². The van der Waals surface area contributed by atoms with Crippen LogP contribution < -0.4 is 0 Å². The molecule has 0 amide bonds. The summed E-state index contributed by atoms with van der Waals surface area (Å²) in [7, 11) is 1.72. The molecule has 1 aliphatic rings. The second-order valence-electron chi connectivity index (χ2n) is 5.44. The van der Waals surface area contributed by atoms with E-state index < -0.39 is 0 Å². The molecule has 1 fully saturated rings. The van der Waals surface area contributed by atoms with Gasteiger partial charge in [-0.15, -0.1) is 0 Å². The first-order valence-electron chi connectivity index (χ1n) is 7.56. The third kappa shape index (κ3) is 4.65. The Balaban J connectivity index is 2.81. The molecule has 4 heteroatoms. The first kappa shape index (κ1) is 17.3. The quantitative estimate of drug-likeness (QED) is 0.591. The number of ketones is 1. The summed E-state index contributed by atoms with van der Waals surface area (Å²) >= 11 is 1.94. The van der Waals surface area contributed by atoms with Gasteiger partial charge >= 0.3 is 0 Å². The molecule has 1 rings (SSSR count). The standard InChI is InChI=1S/C16H27NO2S/c1-5-7-14(18)16-13(17-4)9-12(10-15(16)19)8-11(3)20-6-2/h11-12,18H,5-10H2,1-4H3/t11-,12+/m1/s1. The molecule has 1 aliphatic carbocycles. The van der Waals surface area contributed by atoms with Gasteiger partial charge in [-0.1, -0.05) is 20.8 Å². The lowest BCUT2D eigenvalue weighted by molar-refractivity contribution is -0.116. The first-order valence-corrected chi connectivity index (χ1v) is 8.61. The van der Waals surface area contributed by atoms with Crippen molar-refractivity contribution in [2.45, 2.75) is 58.1 Å². The molecule has 3 nitrogen and oxygen atoms in total. The number of allylic oxidation sites excluding steroid dienone is 2. The maximum Gasteiger partial charge on any atom is 0.168 e. The van der Waals surface area contributed by atoms with E-state index in [2.05, 4.69) is 18.8 Å². The van der Waals surface area contributed by atoms with Crippen LogP contribution in [0.25, 0.3) is 0 Å². The summed E-state index contributed by atoms with van der Waals surface area (Å²) in [5, 5.41) is 10.6. The summed E-state index contributed by atoms with van der Waals surface area (Å²) in [6.07, 6.45) is 3.82. The minimum absolute atomic E-state index is 0.0708. The zero-order valence-electron chi connectivity index (χ0n) is 13.1. The van der Waals surface area contributed by atoms with Gasteiger partial charge in [0.05, 0.1) is 5.57 Å². The molecule has 2 atom stereocenters. The Labute approximate surface area is 126 Å². The van der Waals surface area contributed by atoms with Gasteiger partial charge in [-0.2, -0.15) is 11.8 Å². The fraction of sp³-hybridized carbons (Fsp3) is 0.750. The third-order valence-corrected chi connectivity index (χ3v) is 4.78. The van der Waals surface area contributed by atoms with Gasteiger partial charge in [0, 0.05) is 30.9 Å². The molecule has 0 aromatic heterocycles. The molecule has 20 heavy (non-hydrogen) atoms. The molecule has 0 aromatic rings. The van der Waals surface area contributed by atoms with Crippen LogP contribution >= 0.6 is 11.8 Å². The lowest BCUT2D eigenvalue weighted by atomic mass is 9.80. The van der Waals surface area contributed by atoms with Crippen molar-refractivity contribution in [3.8, 4) is 0 Å². The van der Waals surface area contributed by atoms with E-state index in [1.807, 2.05) is 18.7 Å². The number of Topliss-reactive ketones (excluding diaryl/α,β-unsaturated/α-hetero) is 1. The molecule has 0 aliphatic heterocycles. The zero-order chi connectivity index (χ0) is 15.1. The highest BCUT2D eigenvalue weighted by Crippen LogP contribution is 2.31. The molecular formula is C16H27NO2S. The Kier molecular flexibility index (Phi) is 7.35. The summed E-state index contributed by atoms with van der Waals surface area (Å²) in [6, 6.07) is 0. The van der Waals surface area contributed by atoms with E-state index >= 15 is 0 Å². The van der Waals surface area contributed by atoms with Gasteiger partial charge in [0.1, 0.15) is 5.76 Å². The highest BCUT2D eigenvalue weighted by molar-refractivity contribution is 7.99. The number of thioether (sulfide) groups is 1. The van der Waals surface area contributed by atoms with Gasteiger partial charge in [-0.3, -0.25) is 9.79 Å². The van der Waals surface area contributed by atoms with Gasteiger partial charge in [0.15, 0.2) is 5.78 Å². The van der Waals surface area contributed by atoms with Crippen LogP contribution in [0, 0.1) is 5.92 Å². The molecule has 0 heterocycles. The van der Waals surface area contributed by atoms with Crippen molar-refractivity contribution >= 4 is 23.3 Å². The van der Waals surface area contributed by atoms with Crippen LogP contribution in [-0.4, -0.2) is 34.7 Å². The highest BCUT2D eigenvalue weighted by atomic mass is 32.2. The van der Waals surface area contributed by atoms with Gasteiger partial charge in [0.2, 0.25) is 0 Å². The molecule has 114 valence electrons. The van der Waals surface area contributed by atoms with Crippen molar-refractivity contribution in [1.82, 2.24) is 0 Å². The maximum absolute atomic E-state index is 12.3. The maximum atomic E-state index is 12.3. The van der Waals surface area contributed by atoms with Crippen LogP contribution in [0.5, 0.6) is 0 Å². The normalized spacial score (nSPS) is 25.9. The molecule has 0 radical (unpaired) electrons. The molecule has 0 bridgehead atoms. The Hall–Kier alpha value is -0.770. The van der Waals surface area contributed by atoms with E-state index in [1.165, 1.54) is 0 Å². The molecule has 0 saturated heterocycles. The number of aliphatic hydroxyl groups is 1. The van der Waals surface area contributed by atoms with Crippen molar-refractivity contribution in [1.29, 1.82) is 0 Å².